The molecule has 1 heteroatoms. The van der Waals surface area contributed by atoms with Gasteiger partial charge in [0.2, 0.25) is 0 Å². The van der Waals surface area contributed by atoms with Gasteiger partial charge >= 0.3 is 0 Å². The second-order valence-corrected chi connectivity index (χ2v) is 3.74. The van der Waals surface area contributed by atoms with E-state index in [2.05, 4.69) is 18.2 Å². The molecule has 3 rings (SSSR count). The van der Waals surface area contributed by atoms with E-state index in [4.69, 9.17) is 4.74 Å². The predicted octanol–water partition coefficient (Wildman–Crippen LogP) is 2.50. The van der Waals surface area contributed by atoms with Crippen LogP contribution in [0.3, 0.4) is 0 Å². The Bertz CT molecular complexity index is 313. The third-order valence-corrected chi connectivity index (χ3v) is 2.76. The van der Waals surface area contributed by atoms with Crippen molar-refractivity contribution in [2.75, 3.05) is 6.61 Å². The average molecular weight is 160 g/mol. The summed E-state index contributed by atoms with van der Waals surface area (Å²) in [7, 11) is 0. The van der Waals surface area contributed by atoms with Crippen molar-refractivity contribution in [3.63, 3.8) is 0 Å². The minimum Gasteiger partial charge on any atom is -0.493 e. The second kappa shape index (κ2) is 2.25. The van der Waals surface area contributed by atoms with E-state index < -0.39 is 0 Å². The zero-order chi connectivity index (χ0) is 7.97. The minimum absolute atomic E-state index is 0.871. The molecule has 1 heterocycles. The molecule has 1 aliphatic carbocycles. The standard InChI is InChI=1S/C11H12O/c1-2-8(1)9-3-4-11-10(7-9)5-6-12-11/h3-4,7-8H,1-2,5-6H2. The van der Waals surface area contributed by atoms with Crippen molar-refractivity contribution in [2.24, 2.45) is 0 Å². The van der Waals surface area contributed by atoms with Crippen LogP contribution in [0.1, 0.15) is 29.9 Å². The highest BCUT2D eigenvalue weighted by atomic mass is 16.5. The van der Waals surface area contributed by atoms with Crippen LogP contribution in [0.2, 0.25) is 0 Å². The van der Waals surface area contributed by atoms with Crippen LogP contribution >= 0.6 is 0 Å². The molecule has 0 unspecified atom stereocenters. The van der Waals surface area contributed by atoms with E-state index in [9.17, 15) is 0 Å². The molecule has 2 aliphatic rings. The van der Waals surface area contributed by atoms with Crippen LogP contribution in [0.25, 0.3) is 0 Å². The zero-order valence-corrected chi connectivity index (χ0v) is 7.05. The molecular formula is C11H12O. The first kappa shape index (κ1) is 6.53. The van der Waals surface area contributed by atoms with Crippen LogP contribution in [0.4, 0.5) is 0 Å². The van der Waals surface area contributed by atoms with E-state index >= 15 is 0 Å². The Morgan fingerprint density at radius 3 is 3.00 bits per heavy atom. The Kier molecular flexibility index (Phi) is 1.23. The van der Waals surface area contributed by atoms with Gasteiger partial charge in [-0.2, -0.15) is 0 Å². The minimum atomic E-state index is 0.871. The summed E-state index contributed by atoms with van der Waals surface area (Å²) in [5.41, 5.74) is 2.94. The number of hydrogen-bond donors (Lipinski definition) is 0. The molecule has 0 bridgehead atoms. The van der Waals surface area contributed by atoms with E-state index in [0.29, 0.717) is 0 Å². The Hall–Kier alpha value is -0.980. The maximum absolute atomic E-state index is 5.45. The zero-order valence-electron chi connectivity index (χ0n) is 7.05. The van der Waals surface area contributed by atoms with Gasteiger partial charge in [-0.1, -0.05) is 12.1 Å². The Balaban J connectivity index is 2.03. The molecule has 1 nitrogen and oxygen atoms in total. The molecule has 1 fully saturated rings. The van der Waals surface area contributed by atoms with Crippen LogP contribution in [-0.2, 0) is 6.42 Å². The van der Waals surface area contributed by atoms with Crippen molar-refractivity contribution >= 4 is 0 Å². The lowest BCUT2D eigenvalue weighted by molar-refractivity contribution is 0.357. The first-order valence-electron chi connectivity index (χ1n) is 4.69. The van der Waals surface area contributed by atoms with Gasteiger partial charge in [0.15, 0.2) is 0 Å². The van der Waals surface area contributed by atoms with Gasteiger partial charge in [-0.25, -0.2) is 0 Å². The fourth-order valence-electron chi connectivity index (χ4n) is 1.88. The number of benzene rings is 1. The predicted molar refractivity (Wildman–Crippen MR) is 47.6 cm³/mol. The molecule has 62 valence electrons. The lowest BCUT2D eigenvalue weighted by atomic mass is 10.1. The summed E-state index contributed by atoms with van der Waals surface area (Å²) in [4.78, 5) is 0. The molecule has 1 saturated carbocycles. The molecule has 0 atom stereocenters. The number of hydrogen-bond acceptors (Lipinski definition) is 1. The van der Waals surface area contributed by atoms with Gasteiger partial charge in [0.25, 0.3) is 0 Å². The van der Waals surface area contributed by atoms with E-state index in [1.807, 2.05) is 0 Å². The number of fused-ring (bicyclic) bond motifs is 1. The first-order valence-corrected chi connectivity index (χ1v) is 4.69. The second-order valence-electron chi connectivity index (χ2n) is 3.74. The molecule has 0 N–H and O–H groups in total. The monoisotopic (exact) mass is 160 g/mol. The third-order valence-electron chi connectivity index (χ3n) is 2.76. The Morgan fingerprint density at radius 2 is 2.17 bits per heavy atom. The lowest BCUT2D eigenvalue weighted by Crippen LogP contribution is -1.85. The summed E-state index contributed by atoms with van der Waals surface area (Å²) in [6.45, 7) is 0.878. The molecule has 12 heavy (non-hydrogen) atoms. The van der Waals surface area contributed by atoms with Gasteiger partial charge in [0.05, 0.1) is 6.61 Å². The van der Waals surface area contributed by atoms with E-state index in [1.54, 1.807) is 0 Å². The normalized spacial score (nSPS) is 20.3. The fourth-order valence-corrected chi connectivity index (χ4v) is 1.88. The van der Waals surface area contributed by atoms with Crippen molar-refractivity contribution in [3.05, 3.63) is 29.3 Å². The molecule has 0 radical (unpaired) electrons. The van der Waals surface area contributed by atoms with Crippen LogP contribution < -0.4 is 4.74 Å². The summed E-state index contributed by atoms with van der Waals surface area (Å²) in [5.74, 6) is 1.98. The highest BCUT2D eigenvalue weighted by Crippen LogP contribution is 2.41. The molecule has 0 aromatic heterocycles. The van der Waals surface area contributed by atoms with Crippen LogP contribution in [0, 0.1) is 0 Å². The molecule has 0 saturated heterocycles. The van der Waals surface area contributed by atoms with Crippen LogP contribution in [-0.4, -0.2) is 6.61 Å². The summed E-state index contributed by atoms with van der Waals surface area (Å²) >= 11 is 0. The highest BCUT2D eigenvalue weighted by Gasteiger charge is 2.24. The lowest BCUT2D eigenvalue weighted by Gasteiger charge is -2.01. The SMILES string of the molecule is c1cc2c(cc1C1CC1)CCO2. The summed E-state index contributed by atoms with van der Waals surface area (Å²) in [6, 6.07) is 6.69. The van der Waals surface area contributed by atoms with E-state index in [0.717, 1.165) is 24.7 Å². The molecule has 1 aromatic rings. The van der Waals surface area contributed by atoms with Gasteiger partial charge in [-0.3, -0.25) is 0 Å². The Morgan fingerprint density at radius 1 is 1.25 bits per heavy atom. The summed E-state index contributed by atoms with van der Waals surface area (Å²) < 4.78 is 5.45. The van der Waals surface area contributed by atoms with Gasteiger partial charge in [-0.15, -0.1) is 0 Å². The fraction of sp³-hybridized carbons (Fsp3) is 0.455. The summed E-state index contributed by atoms with van der Waals surface area (Å²) in [5, 5.41) is 0. The topological polar surface area (TPSA) is 9.23 Å². The Labute approximate surface area is 72.4 Å². The van der Waals surface area contributed by atoms with E-state index in [1.165, 1.54) is 24.0 Å². The van der Waals surface area contributed by atoms with Gasteiger partial charge < -0.3 is 4.74 Å². The average Bonchev–Trinajstić information content (AvgIpc) is 2.84. The first-order chi connectivity index (χ1) is 5.93. The third kappa shape index (κ3) is 0.927. The van der Waals surface area contributed by atoms with Crippen LogP contribution in [0.15, 0.2) is 18.2 Å². The molecular weight excluding hydrogens is 148 g/mol. The number of rotatable bonds is 1. The molecule has 1 aliphatic heterocycles. The maximum atomic E-state index is 5.45. The number of ether oxygens (including phenoxy) is 1. The van der Waals surface area contributed by atoms with E-state index in [-0.39, 0.29) is 0 Å². The molecule has 0 spiro atoms. The van der Waals surface area contributed by atoms with Gasteiger partial charge in [-0.05, 0) is 36.0 Å². The smallest absolute Gasteiger partial charge is 0.122 e. The molecule has 1 aromatic carbocycles. The molecule has 0 amide bonds. The highest BCUT2D eigenvalue weighted by molar-refractivity contribution is 5.41. The van der Waals surface area contributed by atoms with Gasteiger partial charge in [0, 0.05) is 6.42 Å². The van der Waals surface area contributed by atoms with Crippen molar-refractivity contribution in [1.29, 1.82) is 0 Å². The largest absolute Gasteiger partial charge is 0.493 e. The van der Waals surface area contributed by atoms with Gasteiger partial charge in [0.1, 0.15) is 5.75 Å². The van der Waals surface area contributed by atoms with Crippen molar-refractivity contribution in [1.82, 2.24) is 0 Å². The van der Waals surface area contributed by atoms with Crippen molar-refractivity contribution in [2.45, 2.75) is 25.2 Å². The van der Waals surface area contributed by atoms with Crippen molar-refractivity contribution < 1.29 is 4.74 Å². The maximum Gasteiger partial charge on any atom is 0.122 e. The van der Waals surface area contributed by atoms with Crippen molar-refractivity contribution in [3.8, 4) is 5.75 Å². The summed E-state index contributed by atoms with van der Waals surface area (Å²) in [6.07, 6.45) is 3.88. The van der Waals surface area contributed by atoms with Crippen LogP contribution in [0.5, 0.6) is 5.75 Å². The quantitative estimate of drug-likeness (QED) is 0.613.